The van der Waals surface area contributed by atoms with Gasteiger partial charge in [-0.15, -0.1) is 0 Å². The van der Waals surface area contributed by atoms with E-state index in [-0.39, 0.29) is 11.8 Å². The third-order valence-corrected chi connectivity index (χ3v) is 4.90. The second-order valence-electron chi connectivity index (χ2n) is 6.61. The summed E-state index contributed by atoms with van der Waals surface area (Å²) in [5.41, 5.74) is 0.937. The summed E-state index contributed by atoms with van der Waals surface area (Å²) in [6, 6.07) is 3.89. The molecule has 1 fully saturated rings. The third-order valence-electron chi connectivity index (χ3n) is 4.90. The number of alkyl halides is 3. The molecule has 2 nitrogen and oxygen atoms in total. The third kappa shape index (κ3) is 2.99. The van der Waals surface area contributed by atoms with Crippen molar-refractivity contribution < 1.29 is 18.0 Å². The van der Waals surface area contributed by atoms with Crippen LogP contribution >= 0.6 is 0 Å². The van der Waals surface area contributed by atoms with Crippen LogP contribution in [0.15, 0.2) is 18.2 Å². The first kappa shape index (κ1) is 15.4. The van der Waals surface area contributed by atoms with Crippen molar-refractivity contribution in [3.63, 3.8) is 0 Å². The average Bonchev–Trinajstić information content (AvgIpc) is 2.91. The smallest absolute Gasteiger partial charge is 0.338 e. The molecule has 0 bridgehead atoms. The highest BCUT2D eigenvalue weighted by Crippen LogP contribution is 2.35. The number of hydrogen-bond acceptors (Lipinski definition) is 1. The van der Waals surface area contributed by atoms with Gasteiger partial charge >= 0.3 is 6.18 Å². The van der Waals surface area contributed by atoms with Crippen LogP contribution in [0.2, 0.25) is 0 Å². The Morgan fingerprint density at radius 3 is 2.64 bits per heavy atom. The molecule has 22 heavy (non-hydrogen) atoms. The Hall–Kier alpha value is -1.52. The Balaban J connectivity index is 1.76. The number of rotatable bonds is 1. The van der Waals surface area contributed by atoms with Crippen LogP contribution in [0, 0.1) is 11.8 Å². The minimum absolute atomic E-state index is 0.0577. The van der Waals surface area contributed by atoms with Crippen LogP contribution in [-0.2, 0) is 23.9 Å². The summed E-state index contributed by atoms with van der Waals surface area (Å²) in [5, 5.41) is 0. The van der Waals surface area contributed by atoms with Gasteiger partial charge in [-0.2, -0.15) is 13.2 Å². The maximum Gasteiger partial charge on any atom is 0.416 e. The van der Waals surface area contributed by atoms with Crippen LogP contribution in [-0.4, -0.2) is 17.4 Å². The second kappa shape index (κ2) is 5.60. The molecular weight excluding hydrogens is 291 g/mol. The van der Waals surface area contributed by atoms with Crippen LogP contribution in [0.3, 0.4) is 0 Å². The summed E-state index contributed by atoms with van der Waals surface area (Å²) >= 11 is 0. The van der Waals surface area contributed by atoms with Crippen molar-refractivity contribution in [2.24, 2.45) is 11.8 Å². The van der Waals surface area contributed by atoms with E-state index in [1.165, 1.54) is 6.07 Å². The Morgan fingerprint density at radius 1 is 1.23 bits per heavy atom. The summed E-state index contributed by atoms with van der Waals surface area (Å²) in [4.78, 5) is 14.3. The number of amides is 1. The molecular formula is C17H20F3NO. The largest absolute Gasteiger partial charge is 0.416 e. The lowest BCUT2D eigenvalue weighted by molar-refractivity contribution is -0.137. The van der Waals surface area contributed by atoms with Gasteiger partial charge in [0.2, 0.25) is 5.91 Å². The van der Waals surface area contributed by atoms with Gasteiger partial charge < -0.3 is 4.90 Å². The van der Waals surface area contributed by atoms with Gasteiger partial charge in [0, 0.05) is 19.0 Å². The number of carbonyl (C=O) groups is 1. The molecule has 1 saturated carbocycles. The summed E-state index contributed by atoms with van der Waals surface area (Å²) in [7, 11) is 0. The molecule has 1 aromatic rings. The predicted molar refractivity (Wildman–Crippen MR) is 77.1 cm³/mol. The van der Waals surface area contributed by atoms with E-state index >= 15 is 0 Å². The molecule has 0 saturated heterocycles. The summed E-state index contributed by atoms with van der Waals surface area (Å²) in [6.45, 7) is 3.07. The van der Waals surface area contributed by atoms with E-state index in [0.29, 0.717) is 31.0 Å². The molecule has 3 rings (SSSR count). The molecule has 1 amide bonds. The minimum atomic E-state index is -4.33. The maximum absolute atomic E-state index is 12.8. The van der Waals surface area contributed by atoms with Gasteiger partial charge in [0.15, 0.2) is 0 Å². The van der Waals surface area contributed by atoms with E-state index in [0.717, 1.165) is 30.9 Å². The van der Waals surface area contributed by atoms with E-state index in [1.807, 2.05) is 0 Å². The maximum atomic E-state index is 12.8. The number of carbonyl (C=O) groups excluding carboxylic acids is 1. The lowest BCUT2D eigenvalue weighted by Crippen LogP contribution is -2.39. The zero-order valence-electron chi connectivity index (χ0n) is 12.6. The molecule has 0 unspecified atom stereocenters. The van der Waals surface area contributed by atoms with Gasteiger partial charge in [-0.3, -0.25) is 4.79 Å². The Kier molecular flexibility index (Phi) is 3.91. The quantitative estimate of drug-likeness (QED) is 0.767. The molecule has 5 heteroatoms. The van der Waals surface area contributed by atoms with Gasteiger partial charge in [0.1, 0.15) is 0 Å². The molecule has 120 valence electrons. The van der Waals surface area contributed by atoms with Crippen LogP contribution in [0.1, 0.15) is 42.9 Å². The highest BCUT2D eigenvalue weighted by atomic mass is 19.4. The van der Waals surface area contributed by atoms with Crippen molar-refractivity contribution >= 4 is 5.91 Å². The van der Waals surface area contributed by atoms with Gasteiger partial charge in [-0.05, 0) is 54.9 Å². The molecule has 2 aliphatic rings. The number of benzene rings is 1. The van der Waals surface area contributed by atoms with Crippen LogP contribution in [0.25, 0.3) is 0 Å². The standard InChI is InChI=1S/C17H20F3NO/c1-11-2-3-13(8-11)16(22)21-7-6-12-4-5-15(17(18,19)20)9-14(12)10-21/h4-5,9,11,13H,2-3,6-8,10H2,1H3/t11-,13+/m1/s1. The fourth-order valence-electron chi connectivity index (χ4n) is 3.61. The molecule has 1 aliphatic carbocycles. The molecule has 1 aromatic carbocycles. The van der Waals surface area contributed by atoms with E-state index in [2.05, 4.69) is 6.92 Å². The van der Waals surface area contributed by atoms with E-state index in [1.54, 1.807) is 11.0 Å². The van der Waals surface area contributed by atoms with Gasteiger partial charge in [0.25, 0.3) is 0 Å². The van der Waals surface area contributed by atoms with Crippen molar-refractivity contribution in [2.75, 3.05) is 6.54 Å². The Bertz CT molecular complexity index is 582. The fraction of sp³-hybridized carbons (Fsp3) is 0.588. The highest BCUT2D eigenvalue weighted by molar-refractivity contribution is 5.79. The Morgan fingerprint density at radius 2 is 2.00 bits per heavy atom. The lowest BCUT2D eigenvalue weighted by Gasteiger charge is -2.31. The van der Waals surface area contributed by atoms with E-state index < -0.39 is 11.7 Å². The van der Waals surface area contributed by atoms with Crippen molar-refractivity contribution in [1.82, 2.24) is 4.90 Å². The highest BCUT2D eigenvalue weighted by Gasteiger charge is 2.34. The van der Waals surface area contributed by atoms with Crippen LogP contribution in [0.5, 0.6) is 0 Å². The first-order valence-electron chi connectivity index (χ1n) is 7.82. The molecule has 0 aromatic heterocycles. The molecule has 1 aliphatic heterocycles. The second-order valence-corrected chi connectivity index (χ2v) is 6.61. The van der Waals surface area contributed by atoms with Crippen LogP contribution in [0.4, 0.5) is 13.2 Å². The molecule has 0 N–H and O–H groups in total. The van der Waals surface area contributed by atoms with E-state index in [9.17, 15) is 18.0 Å². The zero-order chi connectivity index (χ0) is 15.9. The molecule has 2 atom stereocenters. The molecule has 0 spiro atoms. The molecule has 1 heterocycles. The lowest BCUT2D eigenvalue weighted by atomic mass is 9.95. The summed E-state index contributed by atoms with van der Waals surface area (Å²) in [5.74, 6) is 0.748. The van der Waals surface area contributed by atoms with Crippen molar-refractivity contribution in [1.29, 1.82) is 0 Å². The first-order chi connectivity index (χ1) is 10.3. The van der Waals surface area contributed by atoms with Crippen molar-refractivity contribution in [2.45, 2.75) is 45.3 Å². The Labute approximate surface area is 128 Å². The van der Waals surface area contributed by atoms with Gasteiger partial charge in [-0.1, -0.05) is 13.0 Å². The first-order valence-corrected chi connectivity index (χ1v) is 7.82. The van der Waals surface area contributed by atoms with Crippen molar-refractivity contribution in [3.05, 3.63) is 34.9 Å². The minimum Gasteiger partial charge on any atom is -0.338 e. The van der Waals surface area contributed by atoms with Gasteiger partial charge in [0.05, 0.1) is 5.56 Å². The topological polar surface area (TPSA) is 20.3 Å². The summed E-state index contributed by atoms with van der Waals surface area (Å²) in [6.07, 6.45) is -0.806. The van der Waals surface area contributed by atoms with Crippen LogP contribution < -0.4 is 0 Å². The number of fused-ring (bicyclic) bond motifs is 1. The van der Waals surface area contributed by atoms with Gasteiger partial charge in [-0.25, -0.2) is 0 Å². The van der Waals surface area contributed by atoms with E-state index in [4.69, 9.17) is 0 Å². The number of hydrogen-bond donors (Lipinski definition) is 0. The summed E-state index contributed by atoms with van der Waals surface area (Å²) < 4.78 is 38.5. The normalized spacial score (nSPS) is 25.2. The fourth-order valence-corrected chi connectivity index (χ4v) is 3.61. The zero-order valence-corrected chi connectivity index (χ0v) is 12.6. The molecule has 0 radical (unpaired) electrons. The average molecular weight is 311 g/mol. The monoisotopic (exact) mass is 311 g/mol. The SMILES string of the molecule is C[C@@H]1CC[C@H](C(=O)N2CCc3ccc(C(F)(F)F)cc3C2)C1. The van der Waals surface area contributed by atoms with Crippen molar-refractivity contribution in [3.8, 4) is 0 Å². The number of nitrogens with zero attached hydrogens (tertiary/aromatic N) is 1. The number of halogens is 3. The predicted octanol–water partition coefficient (Wildman–Crippen LogP) is 4.03.